The molecule has 1 spiro atoms. The van der Waals surface area contributed by atoms with E-state index >= 15 is 0 Å². The molecule has 2 aliphatic rings. The zero-order valence-corrected chi connectivity index (χ0v) is 12.2. The van der Waals surface area contributed by atoms with Crippen LogP contribution in [-0.4, -0.2) is 40.0 Å². The summed E-state index contributed by atoms with van der Waals surface area (Å²) in [6.45, 7) is 1.32. The lowest BCUT2D eigenvalue weighted by Crippen LogP contribution is -2.40. The maximum absolute atomic E-state index is 12.6. The molecule has 0 bridgehead atoms. The smallest absolute Gasteiger partial charge is 0.307 e. The number of carboxylic acid groups (broad SMARTS) is 1. The molecule has 1 amide bonds. The number of hydrogen-bond acceptors (Lipinski definition) is 2. The molecule has 1 aromatic carbocycles. The third-order valence-electron chi connectivity index (χ3n) is 5.34. The van der Waals surface area contributed by atoms with E-state index in [-0.39, 0.29) is 17.2 Å². The van der Waals surface area contributed by atoms with Crippen molar-refractivity contribution in [3.05, 3.63) is 36.0 Å². The molecule has 1 saturated heterocycles. The number of fused-ring (bicyclic) bond motifs is 1. The maximum atomic E-state index is 12.6. The largest absolute Gasteiger partial charge is 0.481 e. The van der Waals surface area contributed by atoms with E-state index in [0.717, 1.165) is 30.2 Å². The third-order valence-corrected chi connectivity index (χ3v) is 5.34. The number of amides is 1. The average molecular weight is 298 g/mol. The van der Waals surface area contributed by atoms with Crippen molar-refractivity contribution < 1.29 is 14.7 Å². The van der Waals surface area contributed by atoms with Gasteiger partial charge in [0.05, 0.1) is 5.92 Å². The first-order chi connectivity index (χ1) is 10.6. The summed E-state index contributed by atoms with van der Waals surface area (Å²) in [5, 5.41) is 10.2. The Balaban J connectivity index is 1.47. The minimum absolute atomic E-state index is 0.0357. The quantitative estimate of drug-likeness (QED) is 0.894. The summed E-state index contributed by atoms with van der Waals surface area (Å²) in [4.78, 5) is 28.7. The lowest BCUT2D eigenvalue weighted by Gasteiger charge is -2.32. The highest BCUT2D eigenvalue weighted by Gasteiger charge is 2.59. The molecule has 4 rings (SSSR count). The van der Waals surface area contributed by atoms with Crippen LogP contribution in [-0.2, 0) is 4.79 Å². The molecule has 1 unspecified atom stereocenters. The lowest BCUT2D eigenvalue weighted by atomic mass is 9.90. The van der Waals surface area contributed by atoms with E-state index in [1.165, 1.54) is 0 Å². The Morgan fingerprint density at radius 2 is 2.00 bits per heavy atom. The van der Waals surface area contributed by atoms with Gasteiger partial charge in [0, 0.05) is 30.4 Å². The molecule has 1 atom stereocenters. The second-order valence-electron chi connectivity index (χ2n) is 6.53. The van der Waals surface area contributed by atoms with Crippen molar-refractivity contribution in [3.63, 3.8) is 0 Å². The molecule has 2 N–H and O–H groups in total. The Labute approximate surface area is 127 Å². The molecule has 2 aromatic rings. The highest BCUT2D eigenvalue weighted by atomic mass is 16.4. The number of H-pyrrole nitrogens is 1. The Hall–Kier alpha value is -2.30. The monoisotopic (exact) mass is 298 g/mol. The Morgan fingerprint density at radius 3 is 2.68 bits per heavy atom. The van der Waals surface area contributed by atoms with Gasteiger partial charge < -0.3 is 15.0 Å². The van der Waals surface area contributed by atoms with Gasteiger partial charge in [-0.15, -0.1) is 0 Å². The van der Waals surface area contributed by atoms with Gasteiger partial charge in [-0.1, -0.05) is 6.07 Å². The van der Waals surface area contributed by atoms with Crippen LogP contribution < -0.4 is 0 Å². The number of rotatable bonds is 2. The molecule has 5 nitrogen and oxygen atoms in total. The molecule has 1 aliphatic carbocycles. The Morgan fingerprint density at radius 1 is 1.23 bits per heavy atom. The number of aromatic amines is 1. The van der Waals surface area contributed by atoms with E-state index in [4.69, 9.17) is 5.11 Å². The van der Waals surface area contributed by atoms with Gasteiger partial charge in [0.25, 0.3) is 5.91 Å². The van der Waals surface area contributed by atoms with Crippen molar-refractivity contribution in [2.45, 2.75) is 19.3 Å². The molecule has 22 heavy (non-hydrogen) atoms. The number of nitrogens with one attached hydrogen (secondary N) is 1. The van der Waals surface area contributed by atoms with Gasteiger partial charge in [-0.3, -0.25) is 9.59 Å². The normalized spacial score (nSPS) is 22.9. The van der Waals surface area contributed by atoms with Gasteiger partial charge in [0.2, 0.25) is 0 Å². The maximum Gasteiger partial charge on any atom is 0.307 e. The van der Waals surface area contributed by atoms with Gasteiger partial charge in [-0.05, 0) is 48.3 Å². The molecule has 2 fully saturated rings. The third kappa shape index (κ3) is 2.00. The van der Waals surface area contributed by atoms with Crippen LogP contribution in [0.1, 0.15) is 29.6 Å². The van der Waals surface area contributed by atoms with Crippen LogP contribution in [0.5, 0.6) is 0 Å². The summed E-state index contributed by atoms with van der Waals surface area (Å²) in [5.74, 6) is -0.837. The second-order valence-corrected chi connectivity index (χ2v) is 6.53. The summed E-state index contributed by atoms with van der Waals surface area (Å²) in [6, 6.07) is 7.68. The minimum atomic E-state index is -0.683. The predicted molar refractivity (Wildman–Crippen MR) is 81.6 cm³/mol. The number of carbonyl (C=O) groups is 2. The molecular formula is C17H18N2O3. The van der Waals surface area contributed by atoms with E-state index in [2.05, 4.69) is 4.98 Å². The summed E-state index contributed by atoms with van der Waals surface area (Å²) in [7, 11) is 0. The van der Waals surface area contributed by atoms with Gasteiger partial charge >= 0.3 is 5.97 Å². The molecule has 1 aliphatic heterocycles. The average Bonchev–Trinajstić information content (AvgIpc) is 3.03. The van der Waals surface area contributed by atoms with Crippen molar-refractivity contribution in [2.24, 2.45) is 11.3 Å². The van der Waals surface area contributed by atoms with E-state index in [9.17, 15) is 9.59 Å². The van der Waals surface area contributed by atoms with Crippen LogP contribution in [0, 0.1) is 11.3 Å². The van der Waals surface area contributed by atoms with Crippen LogP contribution in [0.25, 0.3) is 10.9 Å². The summed E-state index contributed by atoms with van der Waals surface area (Å²) in [5.41, 5.74) is 1.62. The van der Waals surface area contributed by atoms with Crippen LogP contribution >= 0.6 is 0 Å². The van der Waals surface area contributed by atoms with E-state index in [1.807, 2.05) is 35.4 Å². The van der Waals surface area contributed by atoms with E-state index < -0.39 is 5.97 Å². The fourth-order valence-corrected chi connectivity index (χ4v) is 3.77. The number of likely N-dealkylation sites (tertiary alicyclic amines) is 1. The standard InChI is InChI=1S/C17H18N2O3/c20-15(12-2-1-11-3-6-18-14(11)9-12)19-7-4-17(5-8-19)10-13(17)16(21)22/h1-3,6,9,13,18H,4-5,7-8,10H2,(H,21,22). The van der Waals surface area contributed by atoms with Crippen molar-refractivity contribution in [1.82, 2.24) is 9.88 Å². The number of aliphatic carboxylic acids is 1. The topological polar surface area (TPSA) is 73.4 Å². The van der Waals surface area contributed by atoms with Crippen LogP contribution in [0.4, 0.5) is 0 Å². The number of carbonyl (C=O) groups excluding carboxylic acids is 1. The number of carboxylic acids is 1. The first-order valence-electron chi connectivity index (χ1n) is 7.68. The number of aromatic nitrogens is 1. The SMILES string of the molecule is O=C(O)C1CC12CCN(C(=O)c1ccc3cc[nH]c3c1)CC2. The minimum Gasteiger partial charge on any atom is -0.481 e. The number of benzene rings is 1. The lowest BCUT2D eigenvalue weighted by molar-refractivity contribution is -0.139. The van der Waals surface area contributed by atoms with Crippen LogP contribution in [0.3, 0.4) is 0 Å². The first kappa shape index (κ1) is 13.4. The molecule has 2 heterocycles. The fraction of sp³-hybridized carbons (Fsp3) is 0.412. The zero-order valence-electron chi connectivity index (χ0n) is 12.2. The first-order valence-corrected chi connectivity index (χ1v) is 7.68. The predicted octanol–water partition coefficient (Wildman–Crippen LogP) is 2.49. The van der Waals surface area contributed by atoms with E-state index in [1.54, 1.807) is 0 Å². The number of nitrogens with zero attached hydrogens (tertiary/aromatic N) is 1. The number of piperidine rings is 1. The highest BCUT2D eigenvalue weighted by Crippen LogP contribution is 2.59. The fourth-order valence-electron chi connectivity index (χ4n) is 3.77. The number of hydrogen-bond donors (Lipinski definition) is 2. The molecule has 1 aromatic heterocycles. The zero-order chi connectivity index (χ0) is 15.3. The molecule has 114 valence electrons. The van der Waals surface area contributed by atoms with Gasteiger partial charge in [0.15, 0.2) is 0 Å². The van der Waals surface area contributed by atoms with Crippen LogP contribution in [0.2, 0.25) is 0 Å². The van der Waals surface area contributed by atoms with Crippen molar-refractivity contribution >= 4 is 22.8 Å². The van der Waals surface area contributed by atoms with Crippen molar-refractivity contribution in [1.29, 1.82) is 0 Å². The Bertz CT molecular complexity index is 756. The summed E-state index contributed by atoms with van der Waals surface area (Å²) < 4.78 is 0. The summed E-state index contributed by atoms with van der Waals surface area (Å²) in [6.07, 6.45) is 4.25. The van der Waals surface area contributed by atoms with Crippen LogP contribution in [0.15, 0.2) is 30.5 Å². The van der Waals surface area contributed by atoms with Crippen molar-refractivity contribution in [3.8, 4) is 0 Å². The Kier molecular flexibility index (Phi) is 2.79. The molecular weight excluding hydrogens is 280 g/mol. The van der Waals surface area contributed by atoms with E-state index in [0.29, 0.717) is 18.7 Å². The highest BCUT2D eigenvalue weighted by molar-refractivity contribution is 5.98. The van der Waals surface area contributed by atoms with Gasteiger partial charge in [-0.2, -0.15) is 0 Å². The van der Waals surface area contributed by atoms with Crippen molar-refractivity contribution in [2.75, 3.05) is 13.1 Å². The molecule has 5 heteroatoms. The molecule has 1 saturated carbocycles. The van der Waals surface area contributed by atoms with Gasteiger partial charge in [-0.25, -0.2) is 0 Å². The second kappa shape index (κ2) is 4.60. The summed E-state index contributed by atoms with van der Waals surface area (Å²) >= 11 is 0. The van der Waals surface area contributed by atoms with Gasteiger partial charge in [0.1, 0.15) is 0 Å². The molecule has 0 radical (unpaired) electrons.